The zero-order chi connectivity index (χ0) is 21.3. The van der Waals surface area contributed by atoms with Gasteiger partial charge in [0.05, 0.1) is 13.2 Å². The highest BCUT2D eigenvalue weighted by Crippen LogP contribution is 2.39. The fraction of sp³-hybridized carbons (Fsp3) is 0.789. The van der Waals surface area contributed by atoms with Gasteiger partial charge >= 0.3 is 17.9 Å². The van der Waals surface area contributed by atoms with Crippen molar-refractivity contribution in [1.82, 2.24) is 0 Å². The third-order valence-electron chi connectivity index (χ3n) is 4.65. The lowest BCUT2D eigenvalue weighted by molar-refractivity contribution is -0.177. The van der Waals surface area contributed by atoms with Crippen LogP contribution in [0.2, 0.25) is 0 Å². The van der Waals surface area contributed by atoms with Crippen LogP contribution in [0.25, 0.3) is 0 Å². The topological polar surface area (TPSA) is 105 Å². The van der Waals surface area contributed by atoms with E-state index in [9.17, 15) is 19.2 Å². The van der Waals surface area contributed by atoms with E-state index < -0.39 is 30.1 Å². The molecule has 1 fully saturated rings. The molecule has 1 heterocycles. The van der Waals surface area contributed by atoms with Crippen molar-refractivity contribution in [2.75, 3.05) is 19.0 Å². The zero-order valence-corrected chi connectivity index (χ0v) is 17.9. The number of rotatable bonds is 11. The van der Waals surface area contributed by atoms with E-state index in [1.165, 1.54) is 20.8 Å². The van der Waals surface area contributed by atoms with Crippen LogP contribution in [0, 0.1) is 17.8 Å². The summed E-state index contributed by atoms with van der Waals surface area (Å²) in [7, 11) is 0. The molecule has 0 radical (unpaired) electrons. The first-order chi connectivity index (χ1) is 13.1. The Morgan fingerprint density at radius 3 is 2.18 bits per heavy atom. The van der Waals surface area contributed by atoms with Gasteiger partial charge in [-0.1, -0.05) is 13.8 Å². The Bertz CT molecular complexity index is 552. The van der Waals surface area contributed by atoms with Gasteiger partial charge in [-0.3, -0.25) is 19.2 Å². The van der Waals surface area contributed by atoms with Crippen LogP contribution in [0.5, 0.6) is 0 Å². The molecule has 0 aromatic rings. The lowest BCUT2D eigenvalue weighted by atomic mass is 9.87. The average Bonchev–Trinajstić information content (AvgIpc) is 3.08. The molecule has 0 spiro atoms. The predicted molar refractivity (Wildman–Crippen MR) is 102 cm³/mol. The number of hydrogen-bond acceptors (Lipinski definition) is 9. The number of esters is 3. The van der Waals surface area contributed by atoms with E-state index in [0.717, 1.165) is 12.2 Å². The van der Waals surface area contributed by atoms with Crippen molar-refractivity contribution in [2.45, 2.75) is 58.5 Å². The third-order valence-corrected chi connectivity index (χ3v) is 6.37. The summed E-state index contributed by atoms with van der Waals surface area (Å²) in [6, 6.07) is 0. The maximum Gasteiger partial charge on any atom is 0.303 e. The molecule has 1 saturated heterocycles. The number of hydrogen-bond donors (Lipinski definition) is 0. The van der Waals surface area contributed by atoms with Gasteiger partial charge in [-0.05, 0) is 12.2 Å². The number of carbonyl (C=O) groups is 4. The molecule has 0 aromatic carbocycles. The molecule has 0 bridgehead atoms. The van der Waals surface area contributed by atoms with Crippen LogP contribution in [0.4, 0.5) is 0 Å². The Balaban J connectivity index is 2.95. The monoisotopic (exact) mass is 418 g/mol. The summed E-state index contributed by atoms with van der Waals surface area (Å²) in [5.74, 6) is -0.838. The predicted octanol–water partition coefficient (Wildman–Crippen LogP) is 1.98. The molecular weight excluding hydrogens is 388 g/mol. The molecule has 0 amide bonds. The van der Waals surface area contributed by atoms with Crippen LogP contribution in [0.3, 0.4) is 0 Å². The van der Waals surface area contributed by atoms with Crippen molar-refractivity contribution in [3.8, 4) is 0 Å². The molecule has 6 atom stereocenters. The summed E-state index contributed by atoms with van der Waals surface area (Å²) in [6.07, 6.45) is -0.639. The summed E-state index contributed by atoms with van der Waals surface area (Å²) < 4.78 is 21.0. The van der Waals surface area contributed by atoms with Crippen molar-refractivity contribution in [1.29, 1.82) is 0 Å². The van der Waals surface area contributed by atoms with Gasteiger partial charge in [0.2, 0.25) is 0 Å². The van der Waals surface area contributed by atoms with Crippen LogP contribution >= 0.6 is 11.8 Å². The Labute approximate surface area is 170 Å². The fourth-order valence-electron chi connectivity index (χ4n) is 3.30. The van der Waals surface area contributed by atoms with Crippen LogP contribution in [0.1, 0.15) is 41.0 Å². The van der Waals surface area contributed by atoms with E-state index in [0.29, 0.717) is 13.1 Å². The molecule has 6 unspecified atom stereocenters. The van der Waals surface area contributed by atoms with Gasteiger partial charge < -0.3 is 18.9 Å². The smallest absolute Gasteiger partial charge is 0.303 e. The molecule has 0 aliphatic carbocycles. The number of ether oxygens (including phenoxy) is 4. The maximum absolute atomic E-state index is 11.7. The van der Waals surface area contributed by atoms with Gasteiger partial charge in [0.15, 0.2) is 0 Å². The largest absolute Gasteiger partial charge is 0.468 e. The maximum atomic E-state index is 11.7. The Kier molecular flexibility index (Phi) is 10.3. The molecule has 0 N–H and O–H groups in total. The molecule has 0 saturated carbocycles. The van der Waals surface area contributed by atoms with Crippen molar-refractivity contribution in [3.05, 3.63) is 0 Å². The molecule has 0 aromatic heterocycles. The normalized spacial score (nSPS) is 23.0. The minimum absolute atomic E-state index is 0.0470. The quantitative estimate of drug-likeness (QED) is 0.283. The van der Waals surface area contributed by atoms with Crippen LogP contribution < -0.4 is 0 Å². The molecule has 1 aliphatic heterocycles. The zero-order valence-electron chi connectivity index (χ0n) is 17.0. The lowest BCUT2D eigenvalue weighted by Crippen LogP contribution is -2.46. The van der Waals surface area contributed by atoms with E-state index in [-0.39, 0.29) is 29.6 Å². The third kappa shape index (κ3) is 8.08. The Hall–Kier alpha value is -1.77. The molecule has 1 aliphatic rings. The Morgan fingerprint density at radius 1 is 1.04 bits per heavy atom. The SMILES string of the molecule is CC(=O)OCC(C)C(OC(C)=O)C(OC(C)=O)C(C)C1CC(COC=O)CS1. The van der Waals surface area contributed by atoms with Gasteiger partial charge in [-0.2, -0.15) is 11.8 Å². The number of thioether (sulfide) groups is 1. The highest BCUT2D eigenvalue weighted by atomic mass is 32.2. The highest BCUT2D eigenvalue weighted by molar-refractivity contribution is 8.00. The minimum atomic E-state index is -0.748. The van der Waals surface area contributed by atoms with Crippen LogP contribution in [0.15, 0.2) is 0 Å². The molecule has 9 heteroatoms. The van der Waals surface area contributed by atoms with Crippen molar-refractivity contribution in [3.63, 3.8) is 0 Å². The van der Waals surface area contributed by atoms with Crippen molar-refractivity contribution in [2.24, 2.45) is 17.8 Å². The van der Waals surface area contributed by atoms with E-state index in [1.54, 1.807) is 18.7 Å². The van der Waals surface area contributed by atoms with Gasteiger partial charge in [0, 0.05) is 43.8 Å². The van der Waals surface area contributed by atoms with Crippen molar-refractivity contribution >= 4 is 36.1 Å². The summed E-state index contributed by atoms with van der Waals surface area (Å²) >= 11 is 1.72. The van der Waals surface area contributed by atoms with E-state index in [4.69, 9.17) is 18.9 Å². The molecule has 160 valence electrons. The average molecular weight is 419 g/mol. The summed E-state index contributed by atoms with van der Waals surface area (Å²) in [5.41, 5.74) is 0. The van der Waals surface area contributed by atoms with Gasteiger partial charge in [0.25, 0.3) is 6.47 Å². The second kappa shape index (κ2) is 11.9. The fourth-order valence-corrected chi connectivity index (χ4v) is 4.92. The van der Waals surface area contributed by atoms with E-state index in [2.05, 4.69) is 0 Å². The molecular formula is C19H30O8S. The molecule has 8 nitrogen and oxygen atoms in total. The van der Waals surface area contributed by atoms with E-state index >= 15 is 0 Å². The van der Waals surface area contributed by atoms with Gasteiger partial charge in [-0.15, -0.1) is 0 Å². The van der Waals surface area contributed by atoms with E-state index in [1.807, 2.05) is 6.92 Å². The highest BCUT2D eigenvalue weighted by Gasteiger charge is 2.42. The summed E-state index contributed by atoms with van der Waals surface area (Å²) in [5, 5.41) is 0.142. The van der Waals surface area contributed by atoms with Crippen LogP contribution in [-0.4, -0.2) is 60.8 Å². The first kappa shape index (κ1) is 24.3. The second-order valence-electron chi connectivity index (χ2n) is 7.19. The Morgan fingerprint density at radius 2 is 1.64 bits per heavy atom. The first-order valence-corrected chi connectivity index (χ1v) is 10.3. The standard InChI is InChI=1S/C19H30O8S/c1-11(7-25-13(3)21)18(26-14(4)22)19(27-15(5)23)12(2)17-6-16(9-28-17)8-24-10-20/h10-12,16-19H,6-9H2,1-5H3. The van der Waals surface area contributed by atoms with Crippen molar-refractivity contribution < 1.29 is 38.1 Å². The molecule has 28 heavy (non-hydrogen) atoms. The number of carbonyl (C=O) groups excluding carboxylic acids is 4. The first-order valence-electron chi connectivity index (χ1n) is 9.30. The summed E-state index contributed by atoms with van der Waals surface area (Å²) in [4.78, 5) is 45.0. The van der Waals surface area contributed by atoms with Crippen LogP contribution in [-0.2, 0) is 38.1 Å². The molecule has 1 rings (SSSR count). The summed E-state index contributed by atoms with van der Waals surface area (Å²) in [6.45, 7) is 8.47. The lowest BCUT2D eigenvalue weighted by Gasteiger charge is -2.36. The second-order valence-corrected chi connectivity index (χ2v) is 8.46. The van der Waals surface area contributed by atoms with Gasteiger partial charge in [-0.25, -0.2) is 0 Å². The minimum Gasteiger partial charge on any atom is -0.468 e. The van der Waals surface area contributed by atoms with Gasteiger partial charge in [0.1, 0.15) is 12.2 Å².